The van der Waals surface area contributed by atoms with Crippen molar-refractivity contribution >= 4 is 107 Å². The Kier molecular flexibility index (Phi) is 27.2. The molecule has 18 heteroatoms. The highest BCUT2D eigenvalue weighted by molar-refractivity contribution is 9.26. The maximum absolute atomic E-state index is 5.62. The summed E-state index contributed by atoms with van der Waals surface area (Å²) < 4.78 is 38.4. The molecule has 2 unspecified atom stereocenters. The molecular weight excluding hydrogens is 677 g/mol. The van der Waals surface area contributed by atoms with Crippen LogP contribution in [0.1, 0.15) is 25.7 Å². The highest BCUT2D eigenvalue weighted by Gasteiger charge is 2.38. The predicted molar refractivity (Wildman–Crippen MR) is 187 cm³/mol. The molecule has 230 valence electrons. The van der Waals surface area contributed by atoms with Gasteiger partial charge in [0.25, 0.3) is 0 Å². The lowest BCUT2D eigenvalue weighted by Gasteiger charge is -2.27. The summed E-state index contributed by atoms with van der Waals surface area (Å²) in [6.07, 6.45) is 12.7. The van der Waals surface area contributed by atoms with Crippen molar-refractivity contribution in [2.75, 3.05) is 80.8 Å². The molecule has 0 spiro atoms. The van der Waals surface area contributed by atoms with Crippen LogP contribution in [0.4, 0.5) is 0 Å². The van der Waals surface area contributed by atoms with Crippen LogP contribution in [0.15, 0.2) is 0 Å². The van der Waals surface area contributed by atoms with Crippen LogP contribution in [0, 0.1) is 0 Å². The zero-order valence-electron chi connectivity index (χ0n) is 24.4. The average molecular weight is 725 g/mol. The lowest BCUT2D eigenvalue weighted by Crippen LogP contribution is -2.42. The van der Waals surface area contributed by atoms with E-state index in [-0.39, 0.29) is 0 Å². The van der Waals surface area contributed by atoms with Crippen molar-refractivity contribution in [3.05, 3.63) is 0 Å². The van der Waals surface area contributed by atoms with E-state index in [9.17, 15) is 0 Å². The summed E-state index contributed by atoms with van der Waals surface area (Å²) in [6.45, 7) is 2.03. The summed E-state index contributed by atoms with van der Waals surface area (Å²) >= 11 is 7.13. The fourth-order valence-electron chi connectivity index (χ4n) is 3.47. The van der Waals surface area contributed by atoms with Gasteiger partial charge in [-0.15, -0.1) is 0 Å². The Bertz CT molecular complexity index is 495. The van der Waals surface area contributed by atoms with Crippen LogP contribution in [0.3, 0.4) is 0 Å². The molecule has 38 heavy (non-hydrogen) atoms. The molecular formula is C20H48N2O6S8Si2. The monoisotopic (exact) mass is 724 g/mol. The van der Waals surface area contributed by atoms with Gasteiger partial charge in [-0.05, 0) is 70.4 Å². The van der Waals surface area contributed by atoms with Gasteiger partial charge in [0.1, 0.15) is 0 Å². The summed E-state index contributed by atoms with van der Waals surface area (Å²) in [5.41, 5.74) is 0. The van der Waals surface area contributed by atoms with Gasteiger partial charge in [0.15, 0.2) is 0 Å². The second-order valence-electron chi connectivity index (χ2n) is 7.71. The first-order valence-corrected chi connectivity index (χ1v) is 25.5. The van der Waals surface area contributed by atoms with Crippen LogP contribution in [0.25, 0.3) is 0 Å². The third kappa shape index (κ3) is 16.7. The molecule has 0 rings (SSSR count). The molecule has 0 aromatic carbocycles. The van der Waals surface area contributed by atoms with Gasteiger partial charge in [0.2, 0.25) is 0 Å². The van der Waals surface area contributed by atoms with Crippen molar-refractivity contribution in [1.29, 1.82) is 0 Å². The van der Waals surface area contributed by atoms with E-state index in [0.29, 0.717) is 10.5 Å². The predicted octanol–water partition coefficient (Wildman–Crippen LogP) is 7.43. The molecule has 0 bridgehead atoms. The SMILES string of the molecule is CO[Si](CCCC(CN(SC)SC)SSSSC(CCC[Si](OC)(OC)OC)CN(SC)SC)(OC)OC. The molecule has 0 aliphatic rings. The first kappa shape index (κ1) is 40.9. The topological polar surface area (TPSA) is 61.9 Å². The minimum absolute atomic E-state index is 0.495. The normalized spacial score (nSPS) is 14.5. The minimum Gasteiger partial charge on any atom is -0.377 e. The summed E-state index contributed by atoms with van der Waals surface area (Å²) in [4.78, 5) is 0. The van der Waals surface area contributed by atoms with Crippen LogP contribution in [0.5, 0.6) is 0 Å². The quantitative estimate of drug-likeness (QED) is 0.0365. The Morgan fingerprint density at radius 3 is 1.05 bits per heavy atom. The molecule has 2 atom stereocenters. The molecule has 0 radical (unpaired) electrons. The molecule has 0 saturated heterocycles. The molecule has 8 nitrogen and oxygen atoms in total. The average Bonchev–Trinajstić information content (AvgIpc) is 2.96. The first-order valence-electron chi connectivity index (χ1n) is 12.0. The van der Waals surface area contributed by atoms with E-state index in [1.165, 1.54) is 0 Å². The van der Waals surface area contributed by atoms with Crippen LogP contribution >= 0.6 is 89.0 Å². The molecule has 0 aromatic heterocycles. The van der Waals surface area contributed by atoms with Crippen molar-refractivity contribution in [3.63, 3.8) is 0 Å². The summed E-state index contributed by atoms with van der Waals surface area (Å²) in [7, 11) is 12.8. The van der Waals surface area contributed by atoms with Gasteiger partial charge < -0.3 is 26.6 Å². The Hall–Kier alpha value is 2.91. The molecule has 0 N–H and O–H groups in total. The van der Waals surface area contributed by atoms with Crippen LogP contribution in [-0.4, -0.2) is 116 Å². The molecule has 0 aliphatic carbocycles. The van der Waals surface area contributed by atoms with Gasteiger partial charge in [-0.3, -0.25) is 0 Å². The van der Waals surface area contributed by atoms with E-state index in [1.807, 2.05) is 41.2 Å². The van der Waals surface area contributed by atoms with Crippen LogP contribution in [0.2, 0.25) is 12.1 Å². The highest BCUT2D eigenvalue weighted by Crippen LogP contribution is 2.49. The number of hydrogen-bond donors (Lipinski definition) is 0. The minimum atomic E-state index is -2.53. The van der Waals surface area contributed by atoms with E-state index >= 15 is 0 Å². The van der Waals surface area contributed by atoms with Gasteiger partial charge in [-0.1, -0.05) is 69.4 Å². The maximum atomic E-state index is 5.62. The van der Waals surface area contributed by atoms with E-state index in [2.05, 4.69) is 32.4 Å². The van der Waals surface area contributed by atoms with Gasteiger partial charge in [-0.25, -0.2) is 0 Å². The van der Waals surface area contributed by atoms with Crippen molar-refractivity contribution in [3.8, 4) is 0 Å². The number of nitrogens with zero attached hydrogens (tertiary/aromatic N) is 2. The van der Waals surface area contributed by atoms with Crippen molar-refractivity contribution < 1.29 is 26.6 Å². The first-order chi connectivity index (χ1) is 18.3. The molecule has 0 fully saturated rings. The zero-order chi connectivity index (χ0) is 28.9. The number of hydrogen-bond acceptors (Lipinski definition) is 16. The smallest absolute Gasteiger partial charge is 0.377 e. The Morgan fingerprint density at radius 2 is 0.816 bits per heavy atom. The van der Waals surface area contributed by atoms with Crippen molar-refractivity contribution in [1.82, 2.24) is 7.42 Å². The number of rotatable bonds is 27. The lowest BCUT2D eigenvalue weighted by atomic mass is 10.2. The fourth-order valence-corrected chi connectivity index (χ4v) is 17.2. The van der Waals surface area contributed by atoms with E-state index in [4.69, 9.17) is 26.6 Å². The van der Waals surface area contributed by atoms with Crippen molar-refractivity contribution in [2.24, 2.45) is 0 Å². The molecule has 0 amide bonds. The lowest BCUT2D eigenvalue weighted by molar-refractivity contribution is 0.122. The van der Waals surface area contributed by atoms with Crippen LogP contribution < -0.4 is 0 Å². The third-order valence-electron chi connectivity index (χ3n) is 5.78. The Balaban J connectivity index is 4.98. The molecule has 0 aromatic rings. The Morgan fingerprint density at radius 1 is 0.526 bits per heavy atom. The highest BCUT2D eigenvalue weighted by atomic mass is 33.7. The van der Waals surface area contributed by atoms with Crippen LogP contribution in [-0.2, 0) is 26.6 Å². The van der Waals surface area contributed by atoms with E-state index in [0.717, 1.165) is 50.9 Å². The van der Waals surface area contributed by atoms with Gasteiger partial charge in [0.05, 0.1) is 0 Å². The standard InChI is InChI=1S/C20H48N2O6S8Si2/c1-23-37(24-2,25-3)15-11-13-19(17-21(29-7)30-8)33-35-36-34-20(18-22(31-9)32-10)14-12-16-38(26-4,27-5)28-6/h19-20H,11-18H2,1-10H3. The molecule has 0 heterocycles. The summed E-state index contributed by atoms with van der Waals surface area (Å²) in [5, 5.41) is 0.990. The van der Waals surface area contributed by atoms with E-state index in [1.54, 1.807) is 90.5 Å². The molecule has 0 aliphatic heterocycles. The summed E-state index contributed by atoms with van der Waals surface area (Å²) in [6, 6.07) is 1.66. The zero-order valence-corrected chi connectivity index (χ0v) is 33.0. The maximum Gasteiger partial charge on any atom is 0.500 e. The third-order valence-corrected chi connectivity index (χ3v) is 22.7. The summed E-state index contributed by atoms with van der Waals surface area (Å²) in [5.74, 6) is 0. The fraction of sp³-hybridized carbons (Fsp3) is 1.00. The largest absolute Gasteiger partial charge is 0.500 e. The molecule has 0 saturated carbocycles. The second kappa shape index (κ2) is 25.3. The van der Waals surface area contributed by atoms with Crippen molar-refractivity contribution in [2.45, 2.75) is 48.3 Å². The van der Waals surface area contributed by atoms with Gasteiger partial charge in [-0.2, -0.15) is 7.42 Å². The van der Waals surface area contributed by atoms with E-state index < -0.39 is 17.6 Å². The second-order valence-corrected chi connectivity index (χ2v) is 24.0. The van der Waals surface area contributed by atoms with Gasteiger partial charge in [0, 0.05) is 78.3 Å². The van der Waals surface area contributed by atoms with Gasteiger partial charge >= 0.3 is 17.6 Å². The Labute approximate surface area is 267 Å².